The Morgan fingerprint density at radius 3 is 2.66 bits per heavy atom. The summed E-state index contributed by atoms with van der Waals surface area (Å²) in [7, 11) is 0. The number of anilines is 1. The van der Waals surface area contributed by atoms with E-state index >= 15 is 0 Å². The van der Waals surface area contributed by atoms with Gasteiger partial charge in [-0.3, -0.25) is 19.5 Å². The van der Waals surface area contributed by atoms with E-state index in [9.17, 15) is 14.7 Å². The Bertz CT molecular complexity index is 1530. The Kier molecular flexibility index (Phi) is 7.73. The number of rotatable bonds is 8. The van der Waals surface area contributed by atoms with Crippen LogP contribution in [-0.2, 0) is 15.3 Å². The minimum Gasteiger partial charge on any atom is -0.507 e. The van der Waals surface area contributed by atoms with Gasteiger partial charge in [-0.2, -0.15) is 0 Å². The topological polar surface area (TPSA) is 106 Å². The number of aliphatic hydroxyl groups excluding tert-OH is 1. The Labute approximate surface area is 232 Å². The zero-order valence-corrected chi connectivity index (χ0v) is 22.5. The molecule has 38 heavy (non-hydrogen) atoms. The predicted molar refractivity (Wildman–Crippen MR) is 148 cm³/mol. The van der Waals surface area contributed by atoms with Crippen LogP contribution >= 0.6 is 34.7 Å². The average Bonchev–Trinajstić information content (AvgIpc) is 3.50. The molecule has 0 saturated carbocycles. The second-order valence-electron chi connectivity index (χ2n) is 8.14. The summed E-state index contributed by atoms with van der Waals surface area (Å²) in [4.78, 5) is 32.0. The van der Waals surface area contributed by atoms with Crippen molar-refractivity contribution in [3.8, 4) is 5.75 Å². The molecule has 0 aliphatic carbocycles. The van der Waals surface area contributed by atoms with Gasteiger partial charge in [0.15, 0.2) is 4.34 Å². The first-order valence-electron chi connectivity index (χ1n) is 11.6. The Balaban J connectivity index is 1.55. The fraction of sp³-hybridized carbons (Fsp3) is 0.148. The van der Waals surface area contributed by atoms with Crippen LogP contribution in [0.15, 0.2) is 83.0 Å². The highest BCUT2D eigenvalue weighted by Gasteiger charge is 2.48. The van der Waals surface area contributed by atoms with Crippen LogP contribution in [0.25, 0.3) is 5.76 Å². The summed E-state index contributed by atoms with van der Waals surface area (Å²) in [6, 6.07) is 16.8. The molecule has 1 N–H and O–H groups in total. The van der Waals surface area contributed by atoms with Gasteiger partial charge in [0.05, 0.1) is 18.2 Å². The standard InChI is InChI=1S/C27H21ClN4O4S2/c1-2-36-19-8-5-7-17(14-19)22-21(23(33)16-10-12-29-13-11-16)24(34)25(35)32(22)26-30-31-27(38-26)37-15-18-6-3-4-9-20(18)28/h3-14,22,33H,2,15H2,1H3/b23-21+. The molecule has 3 heterocycles. The first-order chi connectivity index (χ1) is 18.5. The molecule has 11 heteroatoms. The molecule has 1 fully saturated rings. The summed E-state index contributed by atoms with van der Waals surface area (Å²) >= 11 is 8.89. The number of Topliss-reactive ketones (excluding diaryl/α,β-unsaturated/α-hetero) is 1. The summed E-state index contributed by atoms with van der Waals surface area (Å²) < 4.78 is 6.26. The highest BCUT2D eigenvalue weighted by atomic mass is 35.5. The lowest BCUT2D eigenvalue weighted by Crippen LogP contribution is -2.29. The van der Waals surface area contributed by atoms with Crippen molar-refractivity contribution in [3.05, 3.63) is 100 Å². The third-order valence-electron chi connectivity index (χ3n) is 5.79. The van der Waals surface area contributed by atoms with Crippen molar-refractivity contribution in [2.45, 2.75) is 23.1 Å². The monoisotopic (exact) mass is 564 g/mol. The Morgan fingerprint density at radius 1 is 1.11 bits per heavy atom. The van der Waals surface area contributed by atoms with E-state index in [2.05, 4.69) is 15.2 Å². The van der Waals surface area contributed by atoms with Crippen molar-refractivity contribution in [1.29, 1.82) is 0 Å². The molecule has 5 rings (SSSR count). The fourth-order valence-electron chi connectivity index (χ4n) is 4.06. The van der Waals surface area contributed by atoms with Crippen molar-refractivity contribution in [3.63, 3.8) is 0 Å². The van der Waals surface area contributed by atoms with E-state index in [1.807, 2.05) is 31.2 Å². The second kappa shape index (κ2) is 11.3. The lowest BCUT2D eigenvalue weighted by Gasteiger charge is -2.23. The zero-order valence-electron chi connectivity index (χ0n) is 20.1. The van der Waals surface area contributed by atoms with Gasteiger partial charge < -0.3 is 9.84 Å². The van der Waals surface area contributed by atoms with Crippen molar-refractivity contribution in [1.82, 2.24) is 15.2 Å². The molecule has 0 radical (unpaired) electrons. The molecule has 0 bridgehead atoms. The Hall–Kier alpha value is -3.73. The van der Waals surface area contributed by atoms with Gasteiger partial charge in [0.2, 0.25) is 5.13 Å². The third-order valence-corrected chi connectivity index (χ3v) is 8.27. The van der Waals surface area contributed by atoms with Gasteiger partial charge in [0.1, 0.15) is 11.5 Å². The molecule has 1 atom stereocenters. The smallest absolute Gasteiger partial charge is 0.301 e. The number of ketones is 1. The number of hydrogen-bond donors (Lipinski definition) is 1. The van der Waals surface area contributed by atoms with Crippen molar-refractivity contribution < 1.29 is 19.4 Å². The molecule has 4 aromatic rings. The van der Waals surface area contributed by atoms with Crippen LogP contribution in [0, 0.1) is 0 Å². The van der Waals surface area contributed by atoms with Gasteiger partial charge in [0.25, 0.3) is 5.78 Å². The molecular weight excluding hydrogens is 544 g/mol. The minimum absolute atomic E-state index is 0.0460. The van der Waals surface area contributed by atoms with Crippen molar-refractivity contribution in [2.24, 2.45) is 0 Å². The number of nitrogens with zero attached hydrogens (tertiary/aromatic N) is 4. The van der Waals surface area contributed by atoms with E-state index in [0.717, 1.165) is 5.56 Å². The van der Waals surface area contributed by atoms with E-state index in [-0.39, 0.29) is 16.5 Å². The summed E-state index contributed by atoms with van der Waals surface area (Å²) in [5.74, 6) is -0.766. The maximum absolute atomic E-state index is 13.4. The van der Waals surface area contributed by atoms with Gasteiger partial charge in [-0.1, -0.05) is 65.0 Å². The Morgan fingerprint density at radius 2 is 1.89 bits per heavy atom. The number of pyridine rings is 1. The first-order valence-corrected chi connectivity index (χ1v) is 13.8. The predicted octanol–water partition coefficient (Wildman–Crippen LogP) is 5.90. The largest absolute Gasteiger partial charge is 0.507 e. The quantitative estimate of drug-likeness (QED) is 0.0926. The van der Waals surface area contributed by atoms with Gasteiger partial charge in [-0.25, -0.2) is 0 Å². The second-order valence-corrected chi connectivity index (χ2v) is 10.7. The summed E-state index contributed by atoms with van der Waals surface area (Å²) in [6.45, 7) is 2.31. The molecule has 1 saturated heterocycles. The maximum atomic E-state index is 13.4. The van der Waals surface area contributed by atoms with E-state index in [1.165, 1.54) is 40.4 Å². The molecule has 2 aromatic carbocycles. The number of amides is 1. The number of hydrogen-bond acceptors (Lipinski definition) is 9. The van der Waals surface area contributed by atoms with E-state index in [1.54, 1.807) is 36.4 Å². The molecular formula is C27H21ClN4O4S2. The van der Waals surface area contributed by atoms with E-state index in [0.29, 0.717) is 38.6 Å². The first kappa shape index (κ1) is 25.9. The molecule has 1 aliphatic heterocycles. The highest BCUT2D eigenvalue weighted by molar-refractivity contribution is 8.00. The number of thioether (sulfide) groups is 1. The number of ether oxygens (including phenoxy) is 1. The van der Waals surface area contributed by atoms with E-state index in [4.69, 9.17) is 16.3 Å². The van der Waals surface area contributed by atoms with Crippen LogP contribution in [0.3, 0.4) is 0 Å². The molecule has 192 valence electrons. The molecule has 2 aromatic heterocycles. The number of aromatic nitrogens is 3. The molecule has 1 unspecified atom stereocenters. The average molecular weight is 565 g/mol. The maximum Gasteiger partial charge on any atom is 0.301 e. The molecule has 1 aliphatic rings. The van der Waals surface area contributed by atoms with E-state index < -0.39 is 17.7 Å². The summed E-state index contributed by atoms with van der Waals surface area (Å²) in [5.41, 5.74) is 1.86. The fourth-order valence-corrected chi connectivity index (χ4v) is 6.22. The lowest BCUT2D eigenvalue weighted by atomic mass is 9.95. The van der Waals surface area contributed by atoms with Gasteiger partial charge in [-0.05, 0) is 48.4 Å². The number of carbonyl (C=O) groups is 2. The van der Waals surface area contributed by atoms with Gasteiger partial charge in [0, 0.05) is 28.7 Å². The van der Waals surface area contributed by atoms with Gasteiger partial charge in [-0.15, -0.1) is 10.2 Å². The normalized spacial score (nSPS) is 16.7. The number of carbonyl (C=O) groups excluding carboxylic acids is 2. The van der Waals surface area contributed by atoms with Gasteiger partial charge >= 0.3 is 5.91 Å². The van der Waals surface area contributed by atoms with Crippen LogP contribution in [0.5, 0.6) is 5.75 Å². The summed E-state index contributed by atoms with van der Waals surface area (Å²) in [5, 5.41) is 20.6. The van der Waals surface area contributed by atoms with Crippen molar-refractivity contribution >= 4 is 57.3 Å². The number of aliphatic hydroxyl groups is 1. The summed E-state index contributed by atoms with van der Waals surface area (Å²) in [6.07, 6.45) is 3.01. The third kappa shape index (κ3) is 5.15. The van der Waals surface area contributed by atoms with Crippen molar-refractivity contribution in [2.75, 3.05) is 11.5 Å². The van der Waals surface area contributed by atoms with Crippen LogP contribution in [0.4, 0.5) is 5.13 Å². The van der Waals surface area contributed by atoms with Crippen LogP contribution < -0.4 is 9.64 Å². The molecule has 8 nitrogen and oxygen atoms in total. The van der Waals surface area contributed by atoms with Crippen LogP contribution in [0.1, 0.15) is 29.7 Å². The minimum atomic E-state index is -0.932. The molecule has 1 amide bonds. The zero-order chi connectivity index (χ0) is 26.6. The SMILES string of the molecule is CCOc1cccc(C2/C(=C(\O)c3ccncc3)C(=O)C(=O)N2c2nnc(SCc3ccccc3Cl)s2)c1. The van der Waals surface area contributed by atoms with Crippen LogP contribution in [0.2, 0.25) is 5.02 Å². The van der Waals surface area contributed by atoms with Crippen LogP contribution in [-0.4, -0.2) is 38.6 Å². The molecule has 0 spiro atoms. The lowest BCUT2D eigenvalue weighted by molar-refractivity contribution is -0.132. The highest BCUT2D eigenvalue weighted by Crippen LogP contribution is 2.44. The number of benzene rings is 2. The number of halogens is 1.